The zero-order chi connectivity index (χ0) is 23.2. The van der Waals surface area contributed by atoms with E-state index in [0.717, 1.165) is 74.5 Å². The van der Waals surface area contributed by atoms with Crippen LogP contribution in [-0.4, -0.2) is 58.3 Å². The van der Waals surface area contributed by atoms with Crippen LogP contribution in [0.2, 0.25) is 0 Å². The van der Waals surface area contributed by atoms with Crippen LogP contribution in [0.15, 0.2) is 49.1 Å². The molecule has 0 radical (unpaired) electrons. The van der Waals surface area contributed by atoms with Gasteiger partial charge in [-0.3, -0.25) is 0 Å². The van der Waals surface area contributed by atoms with Crippen LogP contribution in [0.4, 0.5) is 0 Å². The van der Waals surface area contributed by atoms with Crippen molar-refractivity contribution < 1.29 is 19.1 Å². The minimum Gasteiger partial charge on any atom is -0.457 e. The summed E-state index contributed by atoms with van der Waals surface area (Å²) in [6.07, 6.45) is 14.5. The maximum Gasteiger partial charge on any atom is 0.343 e. The summed E-state index contributed by atoms with van der Waals surface area (Å²) < 4.78 is 6.85. The van der Waals surface area contributed by atoms with Crippen molar-refractivity contribution in [3.05, 3.63) is 60.2 Å². The van der Waals surface area contributed by atoms with Gasteiger partial charge in [-0.25, -0.2) is 14.8 Å². The number of rotatable bonds is 9. The number of ether oxygens (including phenoxy) is 1. The van der Waals surface area contributed by atoms with Crippen LogP contribution in [0, 0.1) is 5.92 Å². The number of hydrogen-bond donors (Lipinski definition) is 1. The minimum atomic E-state index is -1.56. The maximum absolute atomic E-state index is 13.4. The highest BCUT2D eigenvalue weighted by Gasteiger charge is 2.48. The Bertz CT molecular complexity index is 888. The van der Waals surface area contributed by atoms with E-state index in [-0.39, 0.29) is 12.0 Å². The van der Waals surface area contributed by atoms with Crippen molar-refractivity contribution in [3.63, 3.8) is 0 Å². The Labute approximate surface area is 197 Å². The highest BCUT2D eigenvalue weighted by molar-refractivity contribution is 5.81. The lowest BCUT2D eigenvalue weighted by Gasteiger charge is -2.39. The van der Waals surface area contributed by atoms with Crippen LogP contribution in [0.25, 0.3) is 0 Å². The molecular weight excluding hydrogens is 414 g/mol. The van der Waals surface area contributed by atoms with Gasteiger partial charge in [0.15, 0.2) is 5.60 Å². The first-order valence-electron chi connectivity index (χ1n) is 12.6. The normalized spacial score (nSPS) is 25.5. The summed E-state index contributed by atoms with van der Waals surface area (Å²) in [5, 5.41) is 11.8. The number of quaternary nitrogens is 1. The number of carbonyl (C=O) groups excluding carboxylic acids is 1. The van der Waals surface area contributed by atoms with Crippen LogP contribution in [0.1, 0.15) is 62.5 Å². The number of hydrogen-bond acceptors (Lipinski definition) is 5. The van der Waals surface area contributed by atoms with Crippen molar-refractivity contribution in [1.82, 2.24) is 9.97 Å². The molecule has 33 heavy (non-hydrogen) atoms. The van der Waals surface area contributed by atoms with Crippen molar-refractivity contribution in [2.75, 3.05) is 26.7 Å². The van der Waals surface area contributed by atoms with Gasteiger partial charge in [0.2, 0.25) is 0 Å². The lowest BCUT2D eigenvalue weighted by Crippen LogP contribution is -2.52. The summed E-state index contributed by atoms with van der Waals surface area (Å²) >= 11 is 0. The maximum atomic E-state index is 13.4. The largest absolute Gasteiger partial charge is 0.457 e. The van der Waals surface area contributed by atoms with Gasteiger partial charge < -0.3 is 14.3 Å². The average Bonchev–Trinajstić information content (AvgIpc) is 3.23. The van der Waals surface area contributed by atoms with Gasteiger partial charge in [0.1, 0.15) is 19.0 Å². The molecule has 178 valence electrons. The molecule has 2 aromatic rings. The second kappa shape index (κ2) is 10.7. The number of aliphatic hydroxyl groups is 1. The van der Waals surface area contributed by atoms with E-state index in [0.29, 0.717) is 12.2 Å². The third-order valence-electron chi connectivity index (χ3n) is 7.96. The molecule has 1 aromatic heterocycles. The van der Waals surface area contributed by atoms with Gasteiger partial charge in [0, 0.05) is 37.6 Å². The fourth-order valence-electron chi connectivity index (χ4n) is 5.86. The second-order valence-corrected chi connectivity index (χ2v) is 10.1. The standard InChI is InChI=1S/C27H38N3O3/c1-30(16-8-10-22-18-28-21-29-19-22)17-9-15-25(30)20-33-26(31)27(32,23-11-4-2-5-12-23)24-13-6-3-7-14-24/h2,4-5,11-12,18-19,21,24-25,32H,3,6-10,13-17,20H2,1H3/q+1/t25?,27-,30?/m0/s1. The third kappa shape index (κ3) is 5.44. The molecule has 1 saturated heterocycles. The fraction of sp³-hybridized carbons (Fsp3) is 0.593. The van der Waals surface area contributed by atoms with Gasteiger partial charge >= 0.3 is 5.97 Å². The predicted octanol–water partition coefficient (Wildman–Crippen LogP) is 4.03. The lowest BCUT2D eigenvalue weighted by atomic mass is 9.73. The van der Waals surface area contributed by atoms with E-state index in [1.807, 2.05) is 42.7 Å². The first-order valence-corrected chi connectivity index (χ1v) is 12.6. The van der Waals surface area contributed by atoms with Gasteiger partial charge in [0.05, 0.1) is 20.1 Å². The van der Waals surface area contributed by atoms with E-state index < -0.39 is 11.6 Å². The molecular formula is C27H38N3O3+. The topological polar surface area (TPSA) is 72.3 Å². The Morgan fingerprint density at radius 2 is 1.82 bits per heavy atom. The van der Waals surface area contributed by atoms with Crippen molar-refractivity contribution in [2.24, 2.45) is 5.92 Å². The zero-order valence-corrected chi connectivity index (χ0v) is 19.9. The first-order chi connectivity index (χ1) is 16.0. The fourth-order valence-corrected chi connectivity index (χ4v) is 5.86. The molecule has 1 aromatic carbocycles. The Balaban J connectivity index is 1.39. The van der Waals surface area contributed by atoms with Crippen LogP contribution in [-0.2, 0) is 21.6 Å². The quantitative estimate of drug-likeness (QED) is 0.459. The molecule has 0 bridgehead atoms. The van der Waals surface area contributed by atoms with E-state index in [9.17, 15) is 9.90 Å². The number of benzene rings is 1. The molecule has 2 aliphatic rings. The van der Waals surface area contributed by atoms with Crippen molar-refractivity contribution in [2.45, 2.75) is 69.4 Å². The van der Waals surface area contributed by atoms with Gasteiger partial charge in [-0.2, -0.15) is 0 Å². The second-order valence-electron chi connectivity index (χ2n) is 10.1. The summed E-state index contributed by atoms with van der Waals surface area (Å²) in [4.78, 5) is 21.6. The van der Waals surface area contributed by atoms with Crippen LogP contribution in [0.3, 0.4) is 0 Å². The van der Waals surface area contributed by atoms with Gasteiger partial charge in [-0.05, 0) is 30.4 Å². The minimum absolute atomic E-state index is 0.0845. The molecule has 6 heteroatoms. The third-order valence-corrected chi connectivity index (χ3v) is 7.96. The number of aryl methyl sites for hydroxylation is 1. The summed E-state index contributed by atoms with van der Waals surface area (Å²) in [7, 11) is 2.28. The molecule has 3 atom stereocenters. The number of aromatic nitrogens is 2. The lowest BCUT2D eigenvalue weighted by molar-refractivity contribution is -0.921. The van der Waals surface area contributed by atoms with E-state index in [1.54, 1.807) is 6.33 Å². The SMILES string of the molecule is C[N+]1(CCCc2cncnc2)CCCC1COC(=O)[C@](O)(c1ccccc1)C1CCCCC1. The van der Waals surface area contributed by atoms with E-state index in [4.69, 9.17) is 4.74 Å². The highest BCUT2D eigenvalue weighted by atomic mass is 16.6. The number of nitrogens with zero attached hydrogens (tertiary/aromatic N) is 3. The van der Waals surface area contributed by atoms with Crippen molar-refractivity contribution in [1.29, 1.82) is 0 Å². The molecule has 4 rings (SSSR count). The molecule has 0 amide bonds. The number of esters is 1. The summed E-state index contributed by atoms with van der Waals surface area (Å²) in [5.41, 5.74) is 0.263. The molecule has 1 aliphatic heterocycles. The molecule has 1 saturated carbocycles. The Kier molecular flexibility index (Phi) is 7.76. The Morgan fingerprint density at radius 1 is 1.09 bits per heavy atom. The van der Waals surface area contributed by atoms with Gasteiger partial charge in [0.25, 0.3) is 0 Å². The van der Waals surface area contributed by atoms with Crippen LogP contribution >= 0.6 is 0 Å². The zero-order valence-electron chi connectivity index (χ0n) is 19.9. The molecule has 2 fully saturated rings. The number of likely N-dealkylation sites (N-methyl/N-ethyl adjacent to an activating group) is 1. The smallest absolute Gasteiger partial charge is 0.343 e. The predicted molar refractivity (Wildman–Crippen MR) is 127 cm³/mol. The molecule has 2 heterocycles. The van der Waals surface area contributed by atoms with E-state index >= 15 is 0 Å². The monoisotopic (exact) mass is 452 g/mol. The van der Waals surface area contributed by atoms with Crippen LogP contribution < -0.4 is 0 Å². The Hall–Kier alpha value is -2.31. The summed E-state index contributed by atoms with van der Waals surface area (Å²) in [6.45, 7) is 2.49. The highest BCUT2D eigenvalue weighted by Crippen LogP contribution is 2.40. The molecule has 0 spiro atoms. The van der Waals surface area contributed by atoms with Crippen LogP contribution in [0.5, 0.6) is 0 Å². The Morgan fingerprint density at radius 3 is 2.55 bits per heavy atom. The summed E-state index contributed by atoms with van der Waals surface area (Å²) in [6, 6.07) is 9.68. The van der Waals surface area contributed by atoms with E-state index in [2.05, 4.69) is 17.0 Å². The molecule has 6 nitrogen and oxygen atoms in total. The number of likely N-dealkylation sites (tertiary alicyclic amines) is 1. The van der Waals surface area contributed by atoms with Crippen molar-refractivity contribution in [3.8, 4) is 0 Å². The molecule has 1 N–H and O–H groups in total. The first kappa shape index (κ1) is 23.8. The summed E-state index contributed by atoms with van der Waals surface area (Å²) in [5.74, 6) is -0.556. The van der Waals surface area contributed by atoms with Gasteiger partial charge in [-0.1, -0.05) is 49.6 Å². The van der Waals surface area contributed by atoms with E-state index in [1.165, 1.54) is 6.42 Å². The van der Waals surface area contributed by atoms with Gasteiger partial charge in [-0.15, -0.1) is 0 Å². The average molecular weight is 453 g/mol. The molecule has 2 unspecified atom stereocenters. The number of carbonyl (C=O) groups is 1. The van der Waals surface area contributed by atoms with Crippen molar-refractivity contribution >= 4 is 5.97 Å². The molecule has 1 aliphatic carbocycles.